The Morgan fingerprint density at radius 3 is 2.19 bits per heavy atom. The van der Waals surface area contributed by atoms with E-state index in [-0.39, 0.29) is 12.4 Å². The van der Waals surface area contributed by atoms with Gasteiger partial charge in [0.2, 0.25) is 5.75 Å². The summed E-state index contributed by atoms with van der Waals surface area (Å²) in [5.41, 5.74) is 1.20. The molecule has 0 aromatic heterocycles. The van der Waals surface area contributed by atoms with Gasteiger partial charge in [0, 0.05) is 12.8 Å². The van der Waals surface area contributed by atoms with E-state index in [1.54, 1.807) is 19.1 Å². The Hall–Kier alpha value is -2.94. The van der Waals surface area contributed by atoms with E-state index in [0.717, 1.165) is 0 Å². The number of urea groups is 1. The average Bonchev–Trinajstić information content (AvgIpc) is 2.64. The number of rotatable bonds is 7. The summed E-state index contributed by atoms with van der Waals surface area (Å²) < 4.78 is 25.8. The fourth-order valence-electron chi connectivity index (χ4n) is 2.67. The van der Waals surface area contributed by atoms with E-state index in [4.69, 9.17) is 23.7 Å². The van der Waals surface area contributed by atoms with E-state index >= 15 is 0 Å². The van der Waals surface area contributed by atoms with E-state index < -0.39 is 18.0 Å². The third kappa shape index (κ3) is 3.83. The summed E-state index contributed by atoms with van der Waals surface area (Å²) in [7, 11) is 5.86. The quantitative estimate of drug-likeness (QED) is 0.556. The van der Waals surface area contributed by atoms with E-state index in [1.807, 2.05) is 0 Å². The molecule has 2 rings (SSSR count). The van der Waals surface area contributed by atoms with E-state index in [2.05, 4.69) is 10.6 Å². The largest absolute Gasteiger partial charge is 0.493 e. The molecule has 142 valence electrons. The van der Waals surface area contributed by atoms with Gasteiger partial charge >= 0.3 is 12.0 Å². The molecule has 1 aliphatic heterocycles. The van der Waals surface area contributed by atoms with Crippen LogP contribution in [0.3, 0.4) is 0 Å². The summed E-state index contributed by atoms with van der Waals surface area (Å²) in [6.45, 7) is 1.42. The lowest BCUT2D eigenvalue weighted by Gasteiger charge is -2.28. The molecule has 0 fully saturated rings. The van der Waals surface area contributed by atoms with Crippen molar-refractivity contribution in [1.29, 1.82) is 0 Å². The number of carbonyl (C=O) groups is 2. The lowest BCUT2D eigenvalue weighted by Crippen LogP contribution is -2.45. The molecule has 2 amide bonds. The molecule has 1 aromatic rings. The highest BCUT2D eigenvalue weighted by Gasteiger charge is 2.33. The van der Waals surface area contributed by atoms with Crippen LogP contribution in [0.25, 0.3) is 0 Å². The Kier molecular flexibility index (Phi) is 6.29. The van der Waals surface area contributed by atoms with Crippen molar-refractivity contribution in [2.75, 3.05) is 35.2 Å². The first-order valence-corrected chi connectivity index (χ1v) is 7.71. The van der Waals surface area contributed by atoms with Crippen molar-refractivity contribution in [2.45, 2.75) is 13.0 Å². The SMILES string of the molecule is COCOC(=O)C1=C(C)NC(=O)NC1c1cc(OC)c(OC)c(OC)c1. The number of nitrogens with one attached hydrogen (secondary N) is 2. The standard InChI is InChI=1S/C17H22N2O7/c1-9-13(16(20)26-8-22-2)14(19-17(21)18-9)10-6-11(23-3)15(25-5)12(7-10)24-4/h6-7,14H,8H2,1-5H3,(H2,18,19,21). The highest BCUT2D eigenvalue weighted by molar-refractivity contribution is 5.95. The second kappa shape index (κ2) is 8.43. The minimum absolute atomic E-state index is 0.203. The predicted octanol–water partition coefficient (Wildman–Crippen LogP) is 1.49. The van der Waals surface area contributed by atoms with Gasteiger partial charge in [-0.25, -0.2) is 9.59 Å². The van der Waals surface area contributed by atoms with Crippen molar-refractivity contribution in [2.24, 2.45) is 0 Å². The molecule has 0 spiro atoms. The molecule has 1 aromatic carbocycles. The number of methoxy groups -OCH3 is 4. The van der Waals surface area contributed by atoms with Crippen molar-refractivity contribution in [3.63, 3.8) is 0 Å². The van der Waals surface area contributed by atoms with Gasteiger partial charge in [0.05, 0.1) is 32.9 Å². The van der Waals surface area contributed by atoms with Crippen molar-refractivity contribution in [1.82, 2.24) is 10.6 Å². The van der Waals surface area contributed by atoms with Crippen LogP contribution in [-0.4, -0.2) is 47.2 Å². The van der Waals surface area contributed by atoms with E-state index in [0.29, 0.717) is 28.5 Å². The summed E-state index contributed by atoms with van der Waals surface area (Å²) in [6.07, 6.45) is 0. The summed E-state index contributed by atoms with van der Waals surface area (Å²) >= 11 is 0. The number of allylic oxidation sites excluding steroid dienone is 1. The zero-order valence-electron chi connectivity index (χ0n) is 15.3. The van der Waals surface area contributed by atoms with Crippen molar-refractivity contribution < 1.29 is 33.3 Å². The van der Waals surface area contributed by atoms with Crippen LogP contribution in [0.5, 0.6) is 17.2 Å². The molecule has 26 heavy (non-hydrogen) atoms. The minimum atomic E-state index is -0.762. The molecule has 9 nitrogen and oxygen atoms in total. The van der Waals surface area contributed by atoms with Gasteiger partial charge < -0.3 is 34.3 Å². The second-order valence-electron chi connectivity index (χ2n) is 5.37. The third-order valence-electron chi connectivity index (χ3n) is 3.82. The lowest BCUT2D eigenvalue weighted by molar-refractivity contribution is -0.149. The maximum Gasteiger partial charge on any atom is 0.340 e. The number of carbonyl (C=O) groups excluding carboxylic acids is 2. The van der Waals surface area contributed by atoms with Crippen LogP contribution in [0.4, 0.5) is 4.79 Å². The molecule has 0 bridgehead atoms. The molecule has 0 aliphatic carbocycles. The van der Waals surface area contributed by atoms with Crippen LogP contribution in [0.2, 0.25) is 0 Å². The van der Waals surface area contributed by atoms with Crippen molar-refractivity contribution >= 4 is 12.0 Å². The molecule has 0 radical (unpaired) electrons. The molecular weight excluding hydrogens is 344 g/mol. The predicted molar refractivity (Wildman–Crippen MR) is 91.2 cm³/mol. The number of ether oxygens (including phenoxy) is 5. The van der Waals surface area contributed by atoms with Gasteiger partial charge in [-0.2, -0.15) is 0 Å². The van der Waals surface area contributed by atoms with Crippen molar-refractivity contribution in [3.8, 4) is 17.2 Å². The number of amides is 2. The van der Waals surface area contributed by atoms with E-state index in [1.165, 1.54) is 28.4 Å². The number of hydrogen-bond acceptors (Lipinski definition) is 7. The summed E-state index contributed by atoms with van der Waals surface area (Å²) in [5, 5.41) is 5.28. The first-order valence-electron chi connectivity index (χ1n) is 7.71. The van der Waals surface area contributed by atoms with Gasteiger partial charge in [0.25, 0.3) is 0 Å². The number of benzene rings is 1. The molecule has 0 saturated carbocycles. The van der Waals surface area contributed by atoms with Crippen molar-refractivity contribution in [3.05, 3.63) is 29.0 Å². The van der Waals surface area contributed by atoms with Gasteiger partial charge in [-0.05, 0) is 24.6 Å². The molecule has 9 heteroatoms. The summed E-state index contributed by atoms with van der Waals surface area (Å²) in [4.78, 5) is 24.4. The van der Waals surface area contributed by atoms with Gasteiger partial charge in [-0.1, -0.05) is 0 Å². The van der Waals surface area contributed by atoms with Gasteiger partial charge in [-0.15, -0.1) is 0 Å². The fraction of sp³-hybridized carbons (Fsp3) is 0.412. The van der Waals surface area contributed by atoms with Gasteiger partial charge in [0.1, 0.15) is 0 Å². The minimum Gasteiger partial charge on any atom is -0.493 e. The maximum atomic E-state index is 12.5. The molecule has 0 saturated heterocycles. The maximum absolute atomic E-state index is 12.5. The molecule has 1 unspecified atom stereocenters. The highest BCUT2D eigenvalue weighted by atomic mass is 16.7. The number of esters is 1. The topological polar surface area (TPSA) is 104 Å². The lowest BCUT2D eigenvalue weighted by atomic mass is 9.95. The Bertz CT molecular complexity index is 705. The molecular formula is C17H22N2O7. The molecule has 2 N–H and O–H groups in total. The zero-order chi connectivity index (χ0) is 19.3. The van der Waals surface area contributed by atoms with Crippen LogP contribution in [0.15, 0.2) is 23.4 Å². The Morgan fingerprint density at radius 1 is 1.08 bits per heavy atom. The van der Waals surface area contributed by atoms with Gasteiger partial charge in [-0.3, -0.25) is 0 Å². The van der Waals surface area contributed by atoms with Crippen LogP contribution < -0.4 is 24.8 Å². The van der Waals surface area contributed by atoms with E-state index in [9.17, 15) is 9.59 Å². The van der Waals surface area contributed by atoms with Crippen LogP contribution in [0, 0.1) is 0 Å². The normalized spacial score (nSPS) is 16.5. The number of hydrogen-bond donors (Lipinski definition) is 2. The molecule has 1 atom stereocenters. The Labute approximate surface area is 151 Å². The van der Waals surface area contributed by atoms with Crippen LogP contribution in [0.1, 0.15) is 18.5 Å². The average molecular weight is 366 g/mol. The molecule has 1 aliphatic rings. The summed E-state index contributed by atoms with van der Waals surface area (Å²) in [5.74, 6) is 0.590. The highest BCUT2D eigenvalue weighted by Crippen LogP contribution is 2.41. The first kappa shape index (κ1) is 19.4. The smallest absolute Gasteiger partial charge is 0.340 e. The van der Waals surface area contributed by atoms with Gasteiger partial charge in [0.15, 0.2) is 18.3 Å². The first-order chi connectivity index (χ1) is 12.5. The Balaban J connectivity index is 2.54. The Morgan fingerprint density at radius 2 is 1.69 bits per heavy atom. The fourth-order valence-corrected chi connectivity index (χ4v) is 2.67. The van der Waals surface area contributed by atoms with Crippen LogP contribution >= 0.6 is 0 Å². The van der Waals surface area contributed by atoms with Crippen LogP contribution in [-0.2, 0) is 14.3 Å². The third-order valence-corrected chi connectivity index (χ3v) is 3.82. The zero-order valence-corrected chi connectivity index (χ0v) is 15.3. The summed E-state index contributed by atoms with van der Waals surface area (Å²) in [6, 6.07) is 2.12. The molecule has 1 heterocycles. The second-order valence-corrected chi connectivity index (χ2v) is 5.37. The monoisotopic (exact) mass is 366 g/mol.